The molecule has 0 radical (unpaired) electrons. The molecule has 0 amide bonds. The van der Waals surface area contributed by atoms with E-state index in [4.69, 9.17) is 4.74 Å². The highest BCUT2D eigenvalue weighted by molar-refractivity contribution is 5.34. The van der Waals surface area contributed by atoms with Gasteiger partial charge in [-0.3, -0.25) is 4.90 Å². The number of rotatable bonds is 8. The standard InChI is InChI=1S/C23H31NO/c1-2-3-4-11-16-24-17-18-25-22(19-24)23(20-12-7-5-8-13-20)21-14-9-6-10-15-21/h5-10,12-15,22-23H,2-4,11,16-19H2,1H3. The molecule has 2 nitrogen and oxygen atoms in total. The van der Waals surface area contributed by atoms with Crippen LogP contribution in [0.3, 0.4) is 0 Å². The van der Waals surface area contributed by atoms with Crippen LogP contribution >= 0.6 is 0 Å². The fourth-order valence-corrected chi connectivity index (χ4v) is 3.84. The van der Waals surface area contributed by atoms with Crippen LogP contribution in [0, 0.1) is 0 Å². The largest absolute Gasteiger partial charge is 0.375 e. The molecule has 1 saturated heterocycles. The third-order valence-corrected chi connectivity index (χ3v) is 5.19. The maximum Gasteiger partial charge on any atom is 0.0811 e. The molecule has 1 atom stereocenters. The first kappa shape index (κ1) is 18.2. The molecule has 2 heteroatoms. The molecule has 0 aromatic heterocycles. The molecule has 0 spiro atoms. The maximum atomic E-state index is 6.26. The Labute approximate surface area is 152 Å². The normalized spacial score (nSPS) is 18.6. The van der Waals surface area contributed by atoms with Gasteiger partial charge in [0, 0.05) is 19.0 Å². The van der Waals surface area contributed by atoms with Crippen LogP contribution < -0.4 is 0 Å². The second-order valence-corrected chi connectivity index (χ2v) is 7.07. The quantitative estimate of drug-likeness (QED) is 0.621. The molecule has 1 fully saturated rings. The third-order valence-electron chi connectivity index (χ3n) is 5.19. The molecule has 2 aromatic carbocycles. The van der Waals surface area contributed by atoms with Gasteiger partial charge < -0.3 is 4.74 Å². The summed E-state index contributed by atoms with van der Waals surface area (Å²) in [5.74, 6) is 0.306. The monoisotopic (exact) mass is 337 g/mol. The van der Waals surface area contributed by atoms with Crippen LogP contribution in [0.1, 0.15) is 49.7 Å². The first-order valence-corrected chi connectivity index (χ1v) is 9.82. The molecule has 0 saturated carbocycles. The van der Waals surface area contributed by atoms with Crippen LogP contribution in [-0.4, -0.2) is 37.2 Å². The molecular weight excluding hydrogens is 306 g/mol. The first-order chi connectivity index (χ1) is 12.4. The molecule has 0 N–H and O–H groups in total. The molecular formula is C23H31NO. The molecule has 1 aliphatic rings. The van der Waals surface area contributed by atoms with Crippen LogP contribution in [-0.2, 0) is 4.74 Å². The number of hydrogen-bond donors (Lipinski definition) is 0. The molecule has 0 bridgehead atoms. The average Bonchev–Trinajstić information content (AvgIpc) is 2.68. The lowest BCUT2D eigenvalue weighted by Gasteiger charge is -2.37. The predicted octanol–water partition coefficient (Wildman–Crippen LogP) is 5.10. The molecule has 2 aromatic rings. The van der Waals surface area contributed by atoms with Crippen molar-refractivity contribution in [3.8, 4) is 0 Å². The van der Waals surface area contributed by atoms with Crippen LogP contribution in [0.4, 0.5) is 0 Å². The number of morpholine rings is 1. The van der Waals surface area contributed by atoms with Gasteiger partial charge >= 0.3 is 0 Å². The van der Waals surface area contributed by atoms with E-state index in [-0.39, 0.29) is 6.10 Å². The smallest absolute Gasteiger partial charge is 0.0811 e. The summed E-state index contributed by atoms with van der Waals surface area (Å²) in [6.07, 6.45) is 5.53. The molecule has 1 unspecified atom stereocenters. The van der Waals surface area contributed by atoms with E-state index in [1.54, 1.807) is 0 Å². The zero-order chi connectivity index (χ0) is 17.3. The second-order valence-electron chi connectivity index (χ2n) is 7.07. The summed E-state index contributed by atoms with van der Waals surface area (Å²) >= 11 is 0. The SMILES string of the molecule is CCCCCCN1CCOC(C(c2ccccc2)c2ccccc2)C1. The van der Waals surface area contributed by atoms with Gasteiger partial charge in [0.05, 0.1) is 12.7 Å². The van der Waals surface area contributed by atoms with Crippen LogP contribution in [0.25, 0.3) is 0 Å². The van der Waals surface area contributed by atoms with E-state index in [0.29, 0.717) is 5.92 Å². The maximum absolute atomic E-state index is 6.26. The molecule has 1 aliphatic heterocycles. The van der Waals surface area contributed by atoms with Gasteiger partial charge in [-0.1, -0.05) is 86.8 Å². The van der Waals surface area contributed by atoms with Crippen molar-refractivity contribution in [2.24, 2.45) is 0 Å². The van der Waals surface area contributed by atoms with E-state index < -0.39 is 0 Å². The van der Waals surface area contributed by atoms with Crippen LogP contribution in [0.2, 0.25) is 0 Å². The number of benzene rings is 2. The zero-order valence-electron chi connectivity index (χ0n) is 15.4. The van der Waals surface area contributed by atoms with E-state index in [2.05, 4.69) is 72.5 Å². The highest BCUT2D eigenvalue weighted by Gasteiger charge is 2.30. The van der Waals surface area contributed by atoms with Gasteiger partial charge in [0.2, 0.25) is 0 Å². The minimum atomic E-state index is 0.227. The van der Waals surface area contributed by atoms with Gasteiger partial charge in [-0.15, -0.1) is 0 Å². The third kappa shape index (κ3) is 5.17. The summed E-state index contributed by atoms with van der Waals surface area (Å²) < 4.78 is 6.26. The van der Waals surface area contributed by atoms with Crippen molar-refractivity contribution in [2.45, 2.75) is 44.6 Å². The Hall–Kier alpha value is -1.64. The topological polar surface area (TPSA) is 12.5 Å². The van der Waals surface area contributed by atoms with Gasteiger partial charge in [-0.05, 0) is 24.1 Å². The fraction of sp³-hybridized carbons (Fsp3) is 0.478. The highest BCUT2D eigenvalue weighted by Crippen LogP contribution is 2.31. The summed E-state index contributed by atoms with van der Waals surface area (Å²) in [6.45, 7) is 6.42. The summed E-state index contributed by atoms with van der Waals surface area (Å²) in [5, 5.41) is 0. The number of hydrogen-bond acceptors (Lipinski definition) is 2. The fourth-order valence-electron chi connectivity index (χ4n) is 3.84. The van der Waals surface area contributed by atoms with Crippen molar-refractivity contribution in [1.29, 1.82) is 0 Å². The number of nitrogens with zero attached hydrogens (tertiary/aromatic N) is 1. The highest BCUT2D eigenvalue weighted by atomic mass is 16.5. The van der Waals surface area contributed by atoms with Crippen molar-refractivity contribution in [3.05, 3.63) is 71.8 Å². The Bertz CT molecular complexity index is 559. The van der Waals surface area contributed by atoms with Gasteiger partial charge in [-0.2, -0.15) is 0 Å². The van der Waals surface area contributed by atoms with Gasteiger partial charge in [0.1, 0.15) is 0 Å². The molecule has 25 heavy (non-hydrogen) atoms. The van der Waals surface area contributed by atoms with E-state index in [9.17, 15) is 0 Å². The van der Waals surface area contributed by atoms with E-state index in [0.717, 1.165) is 19.7 Å². The van der Waals surface area contributed by atoms with Crippen molar-refractivity contribution in [3.63, 3.8) is 0 Å². The summed E-state index contributed by atoms with van der Waals surface area (Å²) in [6, 6.07) is 21.7. The zero-order valence-corrected chi connectivity index (χ0v) is 15.4. The molecule has 1 heterocycles. The Morgan fingerprint density at radius 1 is 0.920 bits per heavy atom. The average molecular weight is 338 g/mol. The van der Waals surface area contributed by atoms with Crippen molar-refractivity contribution >= 4 is 0 Å². The van der Waals surface area contributed by atoms with Gasteiger partial charge in [0.15, 0.2) is 0 Å². The number of unbranched alkanes of at least 4 members (excludes halogenated alkanes) is 3. The molecule has 134 valence electrons. The van der Waals surface area contributed by atoms with Crippen LogP contribution in [0.5, 0.6) is 0 Å². The van der Waals surface area contributed by atoms with Gasteiger partial charge in [0.25, 0.3) is 0 Å². The second kappa shape index (κ2) is 9.74. The minimum Gasteiger partial charge on any atom is -0.375 e. The van der Waals surface area contributed by atoms with E-state index in [1.807, 2.05) is 0 Å². The Kier molecular flexibility index (Phi) is 7.08. The van der Waals surface area contributed by atoms with Gasteiger partial charge in [-0.25, -0.2) is 0 Å². The summed E-state index contributed by atoms with van der Waals surface area (Å²) in [7, 11) is 0. The lowest BCUT2D eigenvalue weighted by Crippen LogP contribution is -2.45. The lowest BCUT2D eigenvalue weighted by atomic mass is 9.86. The summed E-state index contributed by atoms with van der Waals surface area (Å²) in [4.78, 5) is 2.60. The van der Waals surface area contributed by atoms with Crippen molar-refractivity contribution in [1.82, 2.24) is 4.90 Å². The number of ether oxygens (including phenoxy) is 1. The Morgan fingerprint density at radius 3 is 2.16 bits per heavy atom. The molecule has 3 rings (SSSR count). The van der Waals surface area contributed by atoms with Crippen LogP contribution in [0.15, 0.2) is 60.7 Å². The lowest BCUT2D eigenvalue weighted by molar-refractivity contribution is -0.0362. The summed E-state index contributed by atoms with van der Waals surface area (Å²) in [5.41, 5.74) is 2.71. The first-order valence-electron chi connectivity index (χ1n) is 9.82. The minimum absolute atomic E-state index is 0.227. The van der Waals surface area contributed by atoms with Crippen molar-refractivity contribution < 1.29 is 4.74 Å². The Balaban J connectivity index is 1.72. The predicted molar refractivity (Wildman–Crippen MR) is 105 cm³/mol. The van der Waals surface area contributed by atoms with E-state index >= 15 is 0 Å². The Morgan fingerprint density at radius 2 is 1.56 bits per heavy atom. The van der Waals surface area contributed by atoms with Crippen molar-refractivity contribution in [2.75, 3.05) is 26.2 Å². The van der Waals surface area contributed by atoms with E-state index in [1.165, 1.54) is 43.4 Å². The molecule has 0 aliphatic carbocycles.